The first kappa shape index (κ1) is 9.93. The number of ketones is 1. The lowest BCUT2D eigenvalue weighted by Gasteiger charge is -2.05. The van der Waals surface area contributed by atoms with Crippen LogP contribution in [0.25, 0.3) is 0 Å². The van der Waals surface area contributed by atoms with Gasteiger partial charge < -0.3 is 0 Å². The van der Waals surface area contributed by atoms with Gasteiger partial charge in [0, 0.05) is 14.5 Å². The molecule has 0 aliphatic heterocycles. The first-order valence-electron chi connectivity index (χ1n) is 3.49. The van der Waals surface area contributed by atoms with Crippen molar-refractivity contribution in [1.82, 2.24) is 0 Å². The zero-order valence-electron chi connectivity index (χ0n) is 6.82. The molecule has 12 heavy (non-hydrogen) atoms. The Kier molecular flexibility index (Phi) is 3.07. The Hall–Kier alpha value is -0.150. The molecular formula is C9H8Br2O. The fourth-order valence-electron chi connectivity index (χ4n) is 1.03. The average Bonchev–Trinajstić information content (AvgIpc) is 2.00. The second-order valence-corrected chi connectivity index (χ2v) is 4.24. The lowest BCUT2D eigenvalue weighted by atomic mass is 10.1. The molecule has 1 nitrogen and oxygen atoms in total. The molecule has 0 spiro atoms. The van der Waals surface area contributed by atoms with Crippen LogP contribution in [0.4, 0.5) is 0 Å². The van der Waals surface area contributed by atoms with E-state index >= 15 is 0 Å². The fourth-order valence-corrected chi connectivity index (χ4v) is 1.81. The van der Waals surface area contributed by atoms with E-state index in [1.807, 2.05) is 19.1 Å². The molecule has 0 bridgehead atoms. The highest BCUT2D eigenvalue weighted by atomic mass is 79.9. The van der Waals surface area contributed by atoms with Crippen molar-refractivity contribution < 1.29 is 4.79 Å². The van der Waals surface area contributed by atoms with Crippen LogP contribution in [0.1, 0.15) is 22.8 Å². The predicted molar refractivity (Wildman–Crippen MR) is 56.6 cm³/mol. The highest BCUT2D eigenvalue weighted by Crippen LogP contribution is 2.28. The molecule has 0 fully saturated rings. The number of hydrogen-bond donors (Lipinski definition) is 0. The maximum absolute atomic E-state index is 11.1. The van der Waals surface area contributed by atoms with E-state index < -0.39 is 0 Å². The monoisotopic (exact) mass is 290 g/mol. The van der Waals surface area contributed by atoms with Gasteiger partial charge in [-0.05, 0) is 63.4 Å². The Morgan fingerprint density at radius 1 is 1.33 bits per heavy atom. The van der Waals surface area contributed by atoms with Crippen LogP contribution in [0.15, 0.2) is 21.1 Å². The lowest BCUT2D eigenvalue weighted by Crippen LogP contribution is -1.96. The molecule has 0 aliphatic rings. The van der Waals surface area contributed by atoms with E-state index in [2.05, 4.69) is 31.9 Å². The van der Waals surface area contributed by atoms with Crippen molar-refractivity contribution in [3.05, 3.63) is 32.2 Å². The van der Waals surface area contributed by atoms with Crippen molar-refractivity contribution in [3.8, 4) is 0 Å². The Balaban J connectivity index is 3.36. The predicted octanol–water partition coefficient (Wildman–Crippen LogP) is 3.72. The third-order valence-corrected chi connectivity index (χ3v) is 3.93. The molecule has 0 amide bonds. The molecule has 1 aromatic carbocycles. The topological polar surface area (TPSA) is 17.1 Å². The molecule has 0 radical (unpaired) electrons. The molecule has 1 aromatic rings. The molecular weight excluding hydrogens is 284 g/mol. The van der Waals surface area contributed by atoms with Crippen LogP contribution in [0.2, 0.25) is 0 Å². The fraction of sp³-hybridized carbons (Fsp3) is 0.222. The minimum Gasteiger partial charge on any atom is -0.295 e. The third kappa shape index (κ3) is 1.77. The van der Waals surface area contributed by atoms with Crippen molar-refractivity contribution in [2.45, 2.75) is 13.8 Å². The van der Waals surface area contributed by atoms with Crippen molar-refractivity contribution in [1.29, 1.82) is 0 Å². The van der Waals surface area contributed by atoms with Crippen LogP contribution >= 0.6 is 31.9 Å². The molecule has 0 aliphatic carbocycles. The van der Waals surface area contributed by atoms with E-state index in [1.165, 1.54) is 0 Å². The van der Waals surface area contributed by atoms with Gasteiger partial charge in [-0.25, -0.2) is 0 Å². The summed E-state index contributed by atoms with van der Waals surface area (Å²) < 4.78 is 1.93. The summed E-state index contributed by atoms with van der Waals surface area (Å²) in [6.45, 7) is 3.49. The third-order valence-electron chi connectivity index (χ3n) is 1.72. The highest BCUT2D eigenvalue weighted by Gasteiger charge is 2.08. The average molecular weight is 292 g/mol. The first-order chi connectivity index (χ1) is 5.54. The molecule has 0 unspecified atom stereocenters. The summed E-state index contributed by atoms with van der Waals surface area (Å²) in [5.41, 5.74) is 1.75. The van der Waals surface area contributed by atoms with Crippen LogP contribution < -0.4 is 0 Å². The minimum atomic E-state index is 0.0979. The smallest absolute Gasteiger partial charge is 0.160 e. The van der Waals surface area contributed by atoms with Gasteiger partial charge >= 0.3 is 0 Å². The molecule has 0 heterocycles. The number of halogens is 2. The summed E-state index contributed by atoms with van der Waals surface area (Å²) in [5.74, 6) is 0.0979. The summed E-state index contributed by atoms with van der Waals surface area (Å²) in [6, 6.07) is 3.69. The van der Waals surface area contributed by atoms with Gasteiger partial charge in [0.05, 0.1) is 0 Å². The normalized spacial score (nSPS) is 10.0. The van der Waals surface area contributed by atoms with Crippen molar-refractivity contribution in [2.75, 3.05) is 0 Å². The standard InChI is InChI=1S/C9H8Br2O/c1-5-7(6(2)12)3-4-8(10)9(5)11/h3-4H,1-2H3. The Morgan fingerprint density at radius 3 is 2.42 bits per heavy atom. The zero-order valence-corrected chi connectivity index (χ0v) is 9.99. The Morgan fingerprint density at radius 2 is 1.92 bits per heavy atom. The number of carbonyl (C=O) groups excluding carboxylic acids is 1. The number of hydrogen-bond acceptors (Lipinski definition) is 1. The molecule has 0 saturated heterocycles. The van der Waals surface area contributed by atoms with E-state index in [9.17, 15) is 4.79 Å². The van der Waals surface area contributed by atoms with Crippen molar-refractivity contribution in [2.24, 2.45) is 0 Å². The van der Waals surface area contributed by atoms with Crippen molar-refractivity contribution >= 4 is 37.6 Å². The van der Waals surface area contributed by atoms with E-state index in [1.54, 1.807) is 6.92 Å². The van der Waals surface area contributed by atoms with Gasteiger partial charge in [-0.1, -0.05) is 0 Å². The summed E-state index contributed by atoms with van der Waals surface area (Å²) in [6.07, 6.45) is 0. The highest BCUT2D eigenvalue weighted by molar-refractivity contribution is 9.13. The van der Waals surface area contributed by atoms with Gasteiger partial charge in [-0.3, -0.25) is 4.79 Å². The van der Waals surface area contributed by atoms with Gasteiger partial charge in [0.1, 0.15) is 0 Å². The maximum atomic E-state index is 11.1. The van der Waals surface area contributed by atoms with E-state index in [-0.39, 0.29) is 5.78 Å². The molecule has 3 heteroatoms. The van der Waals surface area contributed by atoms with Gasteiger partial charge in [-0.2, -0.15) is 0 Å². The molecule has 0 atom stereocenters. The van der Waals surface area contributed by atoms with Crippen LogP contribution in [-0.2, 0) is 0 Å². The van der Waals surface area contributed by atoms with Gasteiger partial charge in [0.15, 0.2) is 5.78 Å². The van der Waals surface area contributed by atoms with Gasteiger partial charge in [0.2, 0.25) is 0 Å². The van der Waals surface area contributed by atoms with E-state index in [0.29, 0.717) is 0 Å². The Bertz CT molecular complexity index is 332. The summed E-state index contributed by atoms with van der Waals surface area (Å²) in [7, 11) is 0. The number of rotatable bonds is 1. The zero-order chi connectivity index (χ0) is 9.30. The quantitative estimate of drug-likeness (QED) is 0.721. The van der Waals surface area contributed by atoms with E-state index in [0.717, 1.165) is 20.1 Å². The second kappa shape index (κ2) is 3.71. The maximum Gasteiger partial charge on any atom is 0.160 e. The second-order valence-electron chi connectivity index (χ2n) is 2.59. The molecule has 0 aromatic heterocycles. The van der Waals surface area contributed by atoms with Crippen molar-refractivity contribution in [3.63, 3.8) is 0 Å². The SMILES string of the molecule is CC(=O)c1ccc(Br)c(Br)c1C. The molecule has 0 saturated carbocycles. The summed E-state index contributed by atoms with van der Waals surface area (Å²) >= 11 is 6.77. The summed E-state index contributed by atoms with van der Waals surface area (Å²) in [5, 5.41) is 0. The molecule has 1 rings (SSSR count). The van der Waals surface area contributed by atoms with E-state index in [4.69, 9.17) is 0 Å². The van der Waals surface area contributed by atoms with Crippen LogP contribution in [0, 0.1) is 6.92 Å². The van der Waals surface area contributed by atoms with Crippen LogP contribution in [0.3, 0.4) is 0 Å². The number of benzene rings is 1. The lowest BCUT2D eigenvalue weighted by molar-refractivity contribution is 0.101. The number of carbonyl (C=O) groups is 1. The summed E-state index contributed by atoms with van der Waals surface area (Å²) in [4.78, 5) is 11.1. The van der Waals surface area contributed by atoms with Gasteiger partial charge in [-0.15, -0.1) is 0 Å². The molecule has 0 N–H and O–H groups in total. The molecule has 64 valence electrons. The largest absolute Gasteiger partial charge is 0.295 e. The first-order valence-corrected chi connectivity index (χ1v) is 5.08. The minimum absolute atomic E-state index is 0.0979. The van der Waals surface area contributed by atoms with Crippen LogP contribution in [0.5, 0.6) is 0 Å². The Labute approximate surface area is 88.4 Å². The van der Waals surface area contributed by atoms with Gasteiger partial charge in [0.25, 0.3) is 0 Å². The number of Topliss-reactive ketones (excluding diaryl/α,β-unsaturated/α-hetero) is 1. The van der Waals surface area contributed by atoms with Crippen LogP contribution in [-0.4, -0.2) is 5.78 Å².